The topological polar surface area (TPSA) is 54.1 Å². The molecular formula is C20H19ClN2O2. The van der Waals surface area contributed by atoms with Gasteiger partial charge in [-0.3, -0.25) is 4.79 Å². The molecule has 128 valence electrons. The van der Waals surface area contributed by atoms with E-state index < -0.39 is 6.10 Å². The maximum Gasteiger partial charge on any atom is 0.261 e. The molecule has 0 radical (unpaired) electrons. The van der Waals surface area contributed by atoms with Gasteiger partial charge in [-0.05, 0) is 49.2 Å². The molecule has 1 aromatic heterocycles. The summed E-state index contributed by atoms with van der Waals surface area (Å²) in [6, 6.07) is 15.4. The number of aromatic nitrogens is 1. The maximum absolute atomic E-state index is 12.4. The highest BCUT2D eigenvalue weighted by atomic mass is 35.5. The van der Waals surface area contributed by atoms with E-state index in [0.717, 1.165) is 18.4 Å². The molecule has 0 fully saturated rings. The van der Waals surface area contributed by atoms with Crippen molar-refractivity contribution in [2.45, 2.75) is 31.9 Å². The molecule has 1 aliphatic carbocycles. The van der Waals surface area contributed by atoms with Crippen molar-refractivity contribution in [2.75, 3.05) is 0 Å². The number of halogens is 1. The van der Waals surface area contributed by atoms with E-state index in [-0.39, 0.29) is 11.9 Å². The third-order valence-electron chi connectivity index (χ3n) is 4.65. The lowest BCUT2D eigenvalue weighted by molar-refractivity contribution is -0.127. The largest absolute Gasteiger partial charge is 0.481 e. The fraction of sp³-hybridized carbons (Fsp3) is 0.250. The minimum absolute atomic E-state index is 0.102. The molecule has 3 aromatic rings. The second-order valence-electron chi connectivity index (χ2n) is 6.46. The predicted octanol–water partition coefficient (Wildman–Crippen LogP) is 3.87. The molecule has 0 saturated heterocycles. The molecule has 4 nitrogen and oxygen atoms in total. The first-order chi connectivity index (χ1) is 12.1. The Balaban J connectivity index is 1.39. The van der Waals surface area contributed by atoms with Crippen LogP contribution in [0, 0.1) is 0 Å². The fourth-order valence-electron chi connectivity index (χ4n) is 3.42. The van der Waals surface area contributed by atoms with Gasteiger partial charge in [-0.15, -0.1) is 0 Å². The summed E-state index contributed by atoms with van der Waals surface area (Å²) in [5.74, 6) is 0.532. The Hall–Kier alpha value is -2.46. The van der Waals surface area contributed by atoms with Crippen molar-refractivity contribution in [1.29, 1.82) is 0 Å². The standard InChI is InChI=1S/C20H19ClN2O2/c1-12(25-15-8-6-13(21)7-9-15)20(24)22-14-10-17-16-4-2-3-5-18(16)23-19(17)11-14/h2-9,12,14,23H,10-11H2,1H3,(H,22,24). The molecule has 2 atom stereocenters. The number of aromatic amines is 1. The molecule has 0 spiro atoms. The number of H-pyrrole nitrogens is 1. The van der Waals surface area contributed by atoms with Crippen molar-refractivity contribution in [3.05, 3.63) is 64.8 Å². The number of nitrogens with one attached hydrogen (secondary N) is 2. The maximum atomic E-state index is 12.4. The fourth-order valence-corrected chi connectivity index (χ4v) is 3.55. The van der Waals surface area contributed by atoms with Crippen LogP contribution in [0.4, 0.5) is 0 Å². The molecule has 1 amide bonds. The van der Waals surface area contributed by atoms with E-state index in [1.54, 1.807) is 31.2 Å². The lowest BCUT2D eigenvalue weighted by atomic mass is 10.1. The van der Waals surface area contributed by atoms with Crippen molar-refractivity contribution in [1.82, 2.24) is 10.3 Å². The Kier molecular flexibility index (Phi) is 4.14. The molecule has 0 saturated carbocycles. The van der Waals surface area contributed by atoms with E-state index in [0.29, 0.717) is 10.8 Å². The van der Waals surface area contributed by atoms with Crippen LogP contribution in [-0.4, -0.2) is 23.0 Å². The van der Waals surface area contributed by atoms with E-state index in [9.17, 15) is 4.79 Å². The second-order valence-corrected chi connectivity index (χ2v) is 6.89. The third-order valence-corrected chi connectivity index (χ3v) is 4.90. The first-order valence-corrected chi connectivity index (χ1v) is 8.79. The second kappa shape index (κ2) is 6.45. The highest BCUT2D eigenvalue weighted by Crippen LogP contribution is 2.30. The average molecular weight is 355 g/mol. The normalized spacial score (nSPS) is 17.3. The summed E-state index contributed by atoms with van der Waals surface area (Å²) in [6.45, 7) is 1.76. The van der Waals surface area contributed by atoms with Gasteiger partial charge in [0.2, 0.25) is 0 Å². The molecule has 1 heterocycles. The molecule has 25 heavy (non-hydrogen) atoms. The van der Waals surface area contributed by atoms with Crippen molar-refractivity contribution < 1.29 is 9.53 Å². The summed E-state index contributed by atoms with van der Waals surface area (Å²) in [6.07, 6.45) is 1.11. The van der Waals surface area contributed by atoms with Gasteiger partial charge in [-0.2, -0.15) is 0 Å². The van der Waals surface area contributed by atoms with Crippen LogP contribution in [0.1, 0.15) is 18.2 Å². The molecule has 4 rings (SSSR count). The monoisotopic (exact) mass is 354 g/mol. The van der Waals surface area contributed by atoms with Crippen LogP contribution in [0.5, 0.6) is 5.75 Å². The van der Waals surface area contributed by atoms with Gasteiger partial charge in [0.05, 0.1) is 0 Å². The van der Waals surface area contributed by atoms with Gasteiger partial charge in [0, 0.05) is 34.1 Å². The predicted molar refractivity (Wildman–Crippen MR) is 99.2 cm³/mol. The van der Waals surface area contributed by atoms with E-state index >= 15 is 0 Å². The summed E-state index contributed by atoms with van der Waals surface area (Å²) >= 11 is 5.86. The van der Waals surface area contributed by atoms with Crippen molar-refractivity contribution in [3.8, 4) is 5.75 Å². The third kappa shape index (κ3) is 3.22. The SMILES string of the molecule is CC(Oc1ccc(Cl)cc1)C(=O)NC1Cc2[nH]c3ccccc3c2C1. The Bertz CT molecular complexity index is 917. The molecule has 1 aliphatic rings. The highest BCUT2D eigenvalue weighted by Gasteiger charge is 2.28. The van der Waals surface area contributed by atoms with Gasteiger partial charge in [0.1, 0.15) is 5.75 Å². The van der Waals surface area contributed by atoms with Crippen LogP contribution in [0.25, 0.3) is 10.9 Å². The molecule has 0 aliphatic heterocycles. The summed E-state index contributed by atoms with van der Waals surface area (Å²) in [5.41, 5.74) is 3.70. The van der Waals surface area contributed by atoms with Gasteiger partial charge in [0.25, 0.3) is 5.91 Å². The van der Waals surface area contributed by atoms with Crippen LogP contribution in [0.15, 0.2) is 48.5 Å². The number of ether oxygens (including phenoxy) is 1. The van der Waals surface area contributed by atoms with Crippen molar-refractivity contribution >= 4 is 28.4 Å². The Morgan fingerprint density at radius 3 is 2.76 bits per heavy atom. The molecule has 2 N–H and O–H groups in total. The summed E-state index contributed by atoms with van der Waals surface area (Å²) in [4.78, 5) is 15.9. The first-order valence-electron chi connectivity index (χ1n) is 8.41. The Labute approximate surface area is 151 Å². The van der Waals surface area contributed by atoms with Gasteiger partial charge in [-0.1, -0.05) is 29.8 Å². The number of para-hydroxylation sites is 1. The van der Waals surface area contributed by atoms with E-state index in [2.05, 4.69) is 22.4 Å². The zero-order chi connectivity index (χ0) is 17.4. The highest BCUT2D eigenvalue weighted by molar-refractivity contribution is 6.30. The number of hydrogen-bond donors (Lipinski definition) is 2. The van der Waals surface area contributed by atoms with Crippen LogP contribution in [0.2, 0.25) is 5.02 Å². The van der Waals surface area contributed by atoms with Crippen molar-refractivity contribution in [3.63, 3.8) is 0 Å². The van der Waals surface area contributed by atoms with Crippen LogP contribution in [-0.2, 0) is 17.6 Å². The minimum Gasteiger partial charge on any atom is -0.481 e. The van der Waals surface area contributed by atoms with Crippen LogP contribution >= 0.6 is 11.6 Å². The van der Waals surface area contributed by atoms with E-state index in [1.165, 1.54) is 16.6 Å². The first kappa shape index (κ1) is 16.0. The summed E-state index contributed by atoms with van der Waals surface area (Å²) in [7, 11) is 0. The average Bonchev–Trinajstić information content (AvgIpc) is 3.14. The Morgan fingerprint density at radius 1 is 1.20 bits per heavy atom. The number of amides is 1. The number of carbonyl (C=O) groups excluding carboxylic acids is 1. The lowest BCUT2D eigenvalue weighted by Gasteiger charge is -2.18. The van der Waals surface area contributed by atoms with Crippen molar-refractivity contribution in [2.24, 2.45) is 0 Å². The number of carbonyl (C=O) groups is 1. The van der Waals surface area contributed by atoms with Crippen LogP contribution < -0.4 is 10.1 Å². The van der Waals surface area contributed by atoms with Gasteiger partial charge < -0.3 is 15.0 Å². The van der Waals surface area contributed by atoms with Gasteiger partial charge in [-0.25, -0.2) is 0 Å². The summed E-state index contributed by atoms with van der Waals surface area (Å²) in [5, 5.41) is 4.99. The van der Waals surface area contributed by atoms with E-state index in [4.69, 9.17) is 16.3 Å². The van der Waals surface area contributed by atoms with E-state index in [1.807, 2.05) is 12.1 Å². The summed E-state index contributed by atoms with van der Waals surface area (Å²) < 4.78 is 5.69. The van der Waals surface area contributed by atoms with Crippen LogP contribution in [0.3, 0.4) is 0 Å². The Morgan fingerprint density at radius 2 is 1.96 bits per heavy atom. The number of fused-ring (bicyclic) bond motifs is 3. The zero-order valence-electron chi connectivity index (χ0n) is 13.9. The van der Waals surface area contributed by atoms with Gasteiger partial charge >= 0.3 is 0 Å². The molecular weight excluding hydrogens is 336 g/mol. The quantitative estimate of drug-likeness (QED) is 0.747. The number of benzene rings is 2. The zero-order valence-corrected chi connectivity index (χ0v) is 14.6. The number of rotatable bonds is 4. The minimum atomic E-state index is -0.558. The molecule has 2 unspecified atom stereocenters. The molecule has 5 heteroatoms. The number of hydrogen-bond acceptors (Lipinski definition) is 2. The molecule has 0 bridgehead atoms. The molecule has 2 aromatic carbocycles. The lowest BCUT2D eigenvalue weighted by Crippen LogP contribution is -2.43. The smallest absolute Gasteiger partial charge is 0.261 e. The van der Waals surface area contributed by atoms with Gasteiger partial charge in [0.15, 0.2) is 6.10 Å².